The van der Waals surface area contributed by atoms with Crippen molar-refractivity contribution in [2.75, 3.05) is 12.3 Å². The molecule has 1 saturated carbocycles. The number of benzene rings is 1. The third-order valence-electron chi connectivity index (χ3n) is 3.67. The molecule has 1 fully saturated rings. The number of halogens is 2. The van der Waals surface area contributed by atoms with Crippen LogP contribution in [0.1, 0.15) is 36.0 Å². The molecule has 1 aliphatic carbocycles. The zero-order chi connectivity index (χ0) is 15.6. The predicted octanol–water partition coefficient (Wildman–Crippen LogP) is 1.42. The Labute approximate surface area is 120 Å². The van der Waals surface area contributed by atoms with E-state index in [1.807, 2.05) is 0 Å². The highest BCUT2D eigenvalue weighted by Gasteiger charge is 2.30. The normalized spacial score (nSPS) is 15.1. The molecular weight excluding hydrogens is 280 g/mol. The van der Waals surface area contributed by atoms with Crippen molar-refractivity contribution in [3.63, 3.8) is 0 Å². The number of carbonyl (C=O) groups is 2. The lowest BCUT2D eigenvalue weighted by molar-refractivity contribution is -0.119. The van der Waals surface area contributed by atoms with Crippen molar-refractivity contribution in [1.82, 2.24) is 4.90 Å². The van der Waals surface area contributed by atoms with E-state index < -0.39 is 23.4 Å². The standard InChI is InChI=1S/C14H17F2N3O2/c15-10-6-11(16)12(17)5-9(10)14(21)19(7-13(18)20)8-3-1-2-4-8/h5-6,8H,1-4,7,17H2,(H2,18,20). The topological polar surface area (TPSA) is 89.4 Å². The highest BCUT2D eigenvalue weighted by molar-refractivity contribution is 5.97. The molecular formula is C14H17F2N3O2. The van der Waals surface area contributed by atoms with Gasteiger partial charge in [-0.15, -0.1) is 0 Å². The van der Waals surface area contributed by atoms with Gasteiger partial charge in [0.25, 0.3) is 5.91 Å². The van der Waals surface area contributed by atoms with Crippen LogP contribution in [0, 0.1) is 11.6 Å². The molecule has 0 saturated heterocycles. The van der Waals surface area contributed by atoms with Gasteiger partial charge in [0.2, 0.25) is 5.91 Å². The van der Waals surface area contributed by atoms with Gasteiger partial charge in [0, 0.05) is 12.1 Å². The molecule has 21 heavy (non-hydrogen) atoms. The van der Waals surface area contributed by atoms with Crippen LogP contribution in [-0.2, 0) is 4.79 Å². The number of primary amides is 1. The van der Waals surface area contributed by atoms with Gasteiger partial charge in [-0.05, 0) is 18.9 Å². The number of rotatable bonds is 4. The van der Waals surface area contributed by atoms with Crippen LogP contribution in [0.2, 0.25) is 0 Å². The predicted molar refractivity (Wildman–Crippen MR) is 73.3 cm³/mol. The van der Waals surface area contributed by atoms with Gasteiger partial charge in [0.15, 0.2) is 0 Å². The van der Waals surface area contributed by atoms with E-state index >= 15 is 0 Å². The Bertz CT molecular complexity index is 572. The van der Waals surface area contributed by atoms with Crippen LogP contribution in [0.25, 0.3) is 0 Å². The molecule has 7 heteroatoms. The lowest BCUT2D eigenvalue weighted by Crippen LogP contribution is -2.44. The minimum atomic E-state index is -1.00. The van der Waals surface area contributed by atoms with Crippen LogP contribution >= 0.6 is 0 Å². The Hall–Kier alpha value is -2.18. The fourth-order valence-electron chi connectivity index (χ4n) is 2.63. The SMILES string of the molecule is NC(=O)CN(C(=O)c1cc(N)c(F)cc1F)C1CCCC1. The van der Waals surface area contributed by atoms with Crippen molar-refractivity contribution < 1.29 is 18.4 Å². The molecule has 0 bridgehead atoms. The number of nitrogens with two attached hydrogens (primary N) is 2. The van der Waals surface area contributed by atoms with Crippen LogP contribution < -0.4 is 11.5 Å². The van der Waals surface area contributed by atoms with Gasteiger partial charge in [-0.1, -0.05) is 12.8 Å². The summed E-state index contributed by atoms with van der Waals surface area (Å²) in [7, 11) is 0. The Morgan fingerprint density at radius 2 is 1.81 bits per heavy atom. The van der Waals surface area contributed by atoms with Crippen LogP contribution in [0.4, 0.5) is 14.5 Å². The maximum atomic E-state index is 13.8. The number of nitrogen functional groups attached to an aromatic ring is 1. The largest absolute Gasteiger partial charge is 0.396 e. The highest BCUT2D eigenvalue weighted by Crippen LogP contribution is 2.26. The first-order chi connectivity index (χ1) is 9.90. The van der Waals surface area contributed by atoms with Crippen LogP contribution in [0.15, 0.2) is 12.1 Å². The first-order valence-electron chi connectivity index (χ1n) is 6.74. The van der Waals surface area contributed by atoms with Gasteiger partial charge >= 0.3 is 0 Å². The Morgan fingerprint density at radius 1 is 1.19 bits per heavy atom. The van der Waals surface area contributed by atoms with Crippen molar-refractivity contribution >= 4 is 17.5 Å². The zero-order valence-electron chi connectivity index (χ0n) is 11.4. The van der Waals surface area contributed by atoms with E-state index in [4.69, 9.17) is 11.5 Å². The lowest BCUT2D eigenvalue weighted by atomic mass is 10.1. The van der Waals surface area contributed by atoms with E-state index in [1.54, 1.807) is 0 Å². The van der Waals surface area contributed by atoms with Gasteiger partial charge < -0.3 is 16.4 Å². The van der Waals surface area contributed by atoms with Gasteiger partial charge in [-0.3, -0.25) is 9.59 Å². The van der Waals surface area contributed by atoms with E-state index in [2.05, 4.69) is 0 Å². The summed E-state index contributed by atoms with van der Waals surface area (Å²) in [5.74, 6) is -3.29. The van der Waals surface area contributed by atoms with Gasteiger partial charge in [-0.2, -0.15) is 0 Å². The Morgan fingerprint density at radius 3 is 2.38 bits per heavy atom. The summed E-state index contributed by atoms with van der Waals surface area (Å²) in [6, 6.07) is 1.37. The quantitative estimate of drug-likeness (QED) is 0.824. The van der Waals surface area contributed by atoms with Crippen molar-refractivity contribution in [3.05, 3.63) is 29.3 Å². The van der Waals surface area contributed by atoms with Crippen molar-refractivity contribution in [2.24, 2.45) is 5.73 Å². The minimum absolute atomic E-state index is 0.157. The number of carbonyl (C=O) groups excluding carboxylic acids is 2. The summed E-state index contributed by atoms with van der Waals surface area (Å²) in [4.78, 5) is 24.9. The molecule has 1 aliphatic rings. The molecule has 4 N–H and O–H groups in total. The summed E-state index contributed by atoms with van der Waals surface area (Å²) in [5.41, 5.74) is 9.88. The average Bonchev–Trinajstić information content (AvgIpc) is 2.93. The van der Waals surface area contributed by atoms with Crippen molar-refractivity contribution in [3.8, 4) is 0 Å². The van der Waals surface area contributed by atoms with E-state index in [-0.39, 0.29) is 23.8 Å². The summed E-state index contributed by atoms with van der Waals surface area (Å²) in [6.07, 6.45) is 3.33. The highest BCUT2D eigenvalue weighted by atomic mass is 19.1. The summed E-state index contributed by atoms with van der Waals surface area (Å²) >= 11 is 0. The molecule has 0 heterocycles. The van der Waals surface area contributed by atoms with E-state index in [1.165, 1.54) is 4.90 Å². The molecule has 0 atom stereocenters. The lowest BCUT2D eigenvalue weighted by Gasteiger charge is -2.28. The summed E-state index contributed by atoms with van der Waals surface area (Å²) in [6.45, 7) is -0.291. The molecule has 0 aliphatic heterocycles. The third kappa shape index (κ3) is 3.29. The first-order valence-corrected chi connectivity index (χ1v) is 6.74. The maximum Gasteiger partial charge on any atom is 0.257 e. The molecule has 0 radical (unpaired) electrons. The minimum Gasteiger partial charge on any atom is -0.396 e. The smallest absolute Gasteiger partial charge is 0.257 e. The molecule has 114 valence electrons. The molecule has 0 unspecified atom stereocenters. The van der Waals surface area contributed by atoms with Crippen LogP contribution in [-0.4, -0.2) is 29.3 Å². The summed E-state index contributed by atoms with van der Waals surface area (Å²) < 4.78 is 27.0. The number of hydrogen-bond acceptors (Lipinski definition) is 3. The summed E-state index contributed by atoms with van der Waals surface area (Å²) in [5, 5.41) is 0. The van der Waals surface area contributed by atoms with Crippen LogP contribution in [0.5, 0.6) is 0 Å². The molecule has 1 aromatic rings. The molecule has 0 aromatic heterocycles. The number of hydrogen-bond donors (Lipinski definition) is 2. The average molecular weight is 297 g/mol. The Balaban J connectivity index is 2.33. The van der Waals surface area contributed by atoms with E-state index in [9.17, 15) is 18.4 Å². The van der Waals surface area contributed by atoms with Gasteiger partial charge in [-0.25, -0.2) is 8.78 Å². The van der Waals surface area contributed by atoms with Crippen LogP contribution in [0.3, 0.4) is 0 Å². The number of anilines is 1. The van der Waals surface area contributed by atoms with Crippen molar-refractivity contribution in [1.29, 1.82) is 0 Å². The van der Waals surface area contributed by atoms with E-state index in [0.29, 0.717) is 6.07 Å². The second-order valence-electron chi connectivity index (χ2n) is 5.19. The van der Waals surface area contributed by atoms with E-state index in [0.717, 1.165) is 31.7 Å². The zero-order valence-corrected chi connectivity index (χ0v) is 11.4. The van der Waals surface area contributed by atoms with Gasteiger partial charge in [0.05, 0.1) is 17.8 Å². The first kappa shape index (κ1) is 15.2. The Kier molecular flexibility index (Phi) is 4.40. The second-order valence-corrected chi connectivity index (χ2v) is 5.19. The molecule has 5 nitrogen and oxygen atoms in total. The maximum absolute atomic E-state index is 13.8. The molecule has 2 rings (SSSR count). The number of amides is 2. The molecule has 1 aromatic carbocycles. The number of nitrogens with zero attached hydrogens (tertiary/aromatic N) is 1. The monoisotopic (exact) mass is 297 g/mol. The van der Waals surface area contributed by atoms with Crippen molar-refractivity contribution in [2.45, 2.75) is 31.7 Å². The van der Waals surface area contributed by atoms with Gasteiger partial charge in [0.1, 0.15) is 11.6 Å². The second kappa shape index (κ2) is 6.07. The fraction of sp³-hybridized carbons (Fsp3) is 0.429. The molecule has 0 spiro atoms. The fourth-order valence-corrected chi connectivity index (χ4v) is 2.63. The molecule has 2 amide bonds. The third-order valence-corrected chi connectivity index (χ3v) is 3.67.